The molecule has 1 aromatic carbocycles. The predicted molar refractivity (Wildman–Crippen MR) is 76.1 cm³/mol. The van der Waals surface area contributed by atoms with E-state index in [-0.39, 0.29) is 16.9 Å². The number of carbonyl (C=O) groups is 1. The number of carbonyl (C=O) groups excluding carboxylic acids is 1. The Balaban J connectivity index is 2.06. The van der Waals surface area contributed by atoms with Gasteiger partial charge in [-0.05, 0) is 34.1 Å². The summed E-state index contributed by atoms with van der Waals surface area (Å²) in [5.41, 5.74) is -0.517. The van der Waals surface area contributed by atoms with Gasteiger partial charge in [-0.25, -0.2) is 4.39 Å². The van der Waals surface area contributed by atoms with Gasteiger partial charge in [-0.3, -0.25) is 4.79 Å². The zero-order valence-corrected chi connectivity index (χ0v) is 12.8. The smallest absolute Gasteiger partial charge is 0.253 e. The zero-order valence-electron chi connectivity index (χ0n) is 11.2. The number of nitrogens with zero attached hydrogens (tertiary/aromatic N) is 1. The molecule has 110 valence electrons. The van der Waals surface area contributed by atoms with Crippen LogP contribution in [0.3, 0.4) is 0 Å². The summed E-state index contributed by atoms with van der Waals surface area (Å²) in [6.07, 6.45) is 1.02. The van der Waals surface area contributed by atoms with Crippen LogP contribution in [0, 0.1) is 5.82 Å². The number of hydrogen-bond donors (Lipinski definition) is 1. The number of likely N-dealkylation sites (N-methyl/N-ethyl adjacent to an activating group) is 1. The molecule has 1 N–H and O–H groups in total. The Morgan fingerprint density at radius 1 is 1.50 bits per heavy atom. The minimum Gasteiger partial charge on any atom is -0.388 e. The molecule has 0 aromatic heterocycles. The summed E-state index contributed by atoms with van der Waals surface area (Å²) in [5, 5.41) is 10.4. The lowest BCUT2D eigenvalue weighted by atomic mass is 9.93. The van der Waals surface area contributed by atoms with Crippen molar-refractivity contribution >= 4 is 21.8 Å². The molecular formula is C14H17BrFNO3. The molecule has 1 aliphatic heterocycles. The summed E-state index contributed by atoms with van der Waals surface area (Å²) < 4.78 is 18.6. The molecule has 4 nitrogen and oxygen atoms in total. The second-order valence-corrected chi connectivity index (χ2v) is 5.98. The maximum absolute atomic E-state index is 13.2. The Hall–Kier alpha value is -0.980. The SMILES string of the molecule is CN(CC1(O)CCOCC1)C(=O)c1ccc(F)c(Br)c1. The van der Waals surface area contributed by atoms with Crippen molar-refractivity contribution in [2.24, 2.45) is 0 Å². The van der Waals surface area contributed by atoms with Gasteiger partial charge in [0.1, 0.15) is 5.82 Å². The van der Waals surface area contributed by atoms with E-state index >= 15 is 0 Å². The third kappa shape index (κ3) is 3.56. The molecule has 0 radical (unpaired) electrons. The minimum absolute atomic E-state index is 0.240. The molecule has 20 heavy (non-hydrogen) atoms. The van der Waals surface area contributed by atoms with E-state index in [1.807, 2.05) is 0 Å². The fourth-order valence-corrected chi connectivity index (χ4v) is 2.65. The van der Waals surface area contributed by atoms with Gasteiger partial charge in [-0.1, -0.05) is 0 Å². The molecule has 0 spiro atoms. The highest BCUT2D eigenvalue weighted by atomic mass is 79.9. The summed E-state index contributed by atoms with van der Waals surface area (Å²) >= 11 is 3.06. The van der Waals surface area contributed by atoms with E-state index < -0.39 is 11.4 Å². The first-order valence-electron chi connectivity index (χ1n) is 6.42. The average Bonchev–Trinajstić information content (AvgIpc) is 2.41. The van der Waals surface area contributed by atoms with Crippen LogP contribution in [0.2, 0.25) is 0 Å². The van der Waals surface area contributed by atoms with Crippen molar-refractivity contribution in [3.05, 3.63) is 34.1 Å². The van der Waals surface area contributed by atoms with Crippen LogP contribution in [-0.4, -0.2) is 48.3 Å². The second-order valence-electron chi connectivity index (χ2n) is 5.13. The largest absolute Gasteiger partial charge is 0.388 e. The first kappa shape index (κ1) is 15.4. The van der Waals surface area contributed by atoms with Crippen molar-refractivity contribution in [1.29, 1.82) is 0 Å². The van der Waals surface area contributed by atoms with Crippen LogP contribution in [0.1, 0.15) is 23.2 Å². The van der Waals surface area contributed by atoms with E-state index in [0.717, 1.165) is 0 Å². The summed E-state index contributed by atoms with van der Waals surface area (Å²) in [5.74, 6) is -0.655. The first-order chi connectivity index (χ1) is 9.41. The van der Waals surface area contributed by atoms with Crippen LogP contribution in [0.5, 0.6) is 0 Å². The van der Waals surface area contributed by atoms with E-state index in [1.54, 1.807) is 7.05 Å². The Labute approximate surface area is 125 Å². The Morgan fingerprint density at radius 3 is 2.75 bits per heavy atom. The number of benzene rings is 1. The first-order valence-corrected chi connectivity index (χ1v) is 7.21. The fraction of sp³-hybridized carbons (Fsp3) is 0.500. The van der Waals surface area contributed by atoms with E-state index in [2.05, 4.69) is 15.9 Å². The van der Waals surface area contributed by atoms with Crippen LogP contribution < -0.4 is 0 Å². The quantitative estimate of drug-likeness (QED) is 0.913. The van der Waals surface area contributed by atoms with Crippen molar-refractivity contribution < 1.29 is 19.0 Å². The zero-order chi connectivity index (χ0) is 14.8. The van der Waals surface area contributed by atoms with Gasteiger partial charge in [-0.15, -0.1) is 0 Å². The van der Waals surface area contributed by atoms with Crippen LogP contribution in [0.25, 0.3) is 0 Å². The maximum atomic E-state index is 13.2. The van der Waals surface area contributed by atoms with Gasteiger partial charge >= 0.3 is 0 Å². The molecule has 1 fully saturated rings. The van der Waals surface area contributed by atoms with E-state index in [0.29, 0.717) is 31.6 Å². The molecule has 0 unspecified atom stereocenters. The minimum atomic E-state index is -0.903. The molecule has 6 heteroatoms. The Bertz CT molecular complexity index is 503. The van der Waals surface area contributed by atoms with Crippen LogP contribution in [0.4, 0.5) is 4.39 Å². The highest BCUT2D eigenvalue weighted by molar-refractivity contribution is 9.10. The summed E-state index contributed by atoms with van der Waals surface area (Å²) in [6, 6.07) is 4.13. The van der Waals surface area contributed by atoms with Gasteiger partial charge in [0.05, 0.1) is 10.1 Å². The topological polar surface area (TPSA) is 49.8 Å². The number of amides is 1. The van der Waals surface area contributed by atoms with Gasteiger partial charge in [0, 0.05) is 45.2 Å². The van der Waals surface area contributed by atoms with E-state index in [9.17, 15) is 14.3 Å². The molecular weight excluding hydrogens is 329 g/mol. The number of hydrogen-bond acceptors (Lipinski definition) is 3. The number of halogens is 2. The highest BCUT2D eigenvalue weighted by Crippen LogP contribution is 2.23. The van der Waals surface area contributed by atoms with E-state index in [1.165, 1.54) is 23.1 Å². The molecule has 1 amide bonds. The Morgan fingerprint density at radius 2 is 2.15 bits per heavy atom. The molecule has 0 aliphatic carbocycles. The fourth-order valence-electron chi connectivity index (χ4n) is 2.27. The van der Waals surface area contributed by atoms with Crippen molar-refractivity contribution in [3.63, 3.8) is 0 Å². The number of aliphatic hydroxyl groups is 1. The predicted octanol–water partition coefficient (Wildman–Crippen LogP) is 2.20. The van der Waals surface area contributed by atoms with Crippen molar-refractivity contribution in [2.75, 3.05) is 26.8 Å². The molecule has 0 atom stereocenters. The molecule has 1 aliphatic rings. The van der Waals surface area contributed by atoms with Crippen LogP contribution in [0.15, 0.2) is 22.7 Å². The van der Waals surface area contributed by atoms with Gasteiger partial charge in [-0.2, -0.15) is 0 Å². The van der Waals surface area contributed by atoms with Gasteiger partial charge in [0.15, 0.2) is 0 Å². The Kier molecular flexibility index (Phi) is 4.78. The number of rotatable bonds is 3. The monoisotopic (exact) mass is 345 g/mol. The lowest BCUT2D eigenvalue weighted by Crippen LogP contribution is -2.47. The van der Waals surface area contributed by atoms with Crippen molar-refractivity contribution in [2.45, 2.75) is 18.4 Å². The maximum Gasteiger partial charge on any atom is 0.253 e. The van der Waals surface area contributed by atoms with Crippen LogP contribution in [-0.2, 0) is 4.74 Å². The summed E-state index contributed by atoms with van der Waals surface area (Å²) in [7, 11) is 1.63. The second kappa shape index (κ2) is 6.20. The molecule has 1 aromatic rings. The molecule has 1 saturated heterocycles. The summed E-state index contributed by atoms with van der Waals surface area (Å²) in [6.45, 7) is 1.24. The average molecular weight is 346 g/mol. The standard InChI is InChI=1S/C14H17BrFNO3/c1-17(9-14(19)4-6-20-7-5-14)13(18)10-2-3-12(16)11(15)8-10/h2-3,8,19H,4-7,9H2,1H3. The number of ether oxygens (including phenoxy) is 1. The van der Waals surface area contributed by atoms with Crippen LogP contribution >= 0.6 is 15.9 Å². The van der Waals surface area contributed by atoms with Gasteiger partial charge in [0.25, 0.3) is 5.91 Å². The molecule has 2 rings (SSSR count). The molecule has 1 heterocycles. The third-order valence-corrected chi connectivity index (χ3v) is 4.08. The van der Waals surface area contributed by atoms with Crippen molar-refractivity contribution in [3.8, 4) is 0 Å². The molecule has 0 saturated carbocycles. The third-order valence-electron chi connectivity index (χ3n) is 3.47. The highest BCUT2D eigenvalue weighted by Gasteiger charge is 2.32. The lowest BCUT2D eigenvalue weighted by molar-refractivity contribution is -0.0734. The van der Waals surface area contributed by atoms with Gasteiger partial charge in [0.2, 0.25) is 0 Å². The molecule has 0 bridgehead atoms. The lowest BCUT2D eigenvalue weighted by Gasteiger charge is -2.35. The summed E-state index contributed by atoms with van der Waals surface area (Å²) in [4.78, 5) is 13.7. The normalized spacial score (nSPS) is 17.8. The van der Waals surface area contributed by atoms with E-state index in [4.69, 9.17) is 4.74 Å². The van der Waals surface area contributed by atoms with Crippen molar-refractivity contribution in [1.82, 2.24) is 4.90 Å². The van der Waals surface area contributed by atoms with Gasteiger partial charge < -0.3 is 14.7 Å².